The zero-order valence-corrected chi connectivity index (χ0v) is 17.7. The summed E-state index contributed by atoms with van der Waals surface area (Å²) in [4.78, 5) is 35.7. The molecule has 3 rings (SSSR count). The highest BCUT2D eigenvalue weighted by atomic mass is 79.9. The predicted octanol–water partition coefficient (Wildman–Crippen LogP) is 4.07. The van der Waals surface area contributed by atoms with Crippen LogP contribution >= 0.6 is 31.9 Å². The quantitative estimate of drug-likeness (QED) is 0.559. The molecule has 1 aromatic carbocycles. The minimum Gasteiger partial charge on any atom is -0.438 e. The van der Waals surface area contributed by atoms with Crippen LogP contribution in [0, 0.1) is 11.3 Å². The molecule has 0 bridgehead atoms. The smallest absolute Gasteiger partial charge is 0.438 e. The fraction of sp³-hybridized carbons (Fsp3) is 0.389. The van der Waals surface area contributed by atoms with Gasteiger partial charge in [-0.2, -0.15) is 0 Å². The number of halogens is 2. The van der Waals surface area contributed by atoms with Gasteiger partial charge in [-0.05, 0) is 55.1 Å². The average Bonchev–Trinajstić information content (AvgIpc) is 3.34. The summed E-state index contributed by atoms with van der Waals surface area (Å²) in [5.74, 6) is -0.708. The van der Waals surface area contributed by atoms with Crippen molar-refractivity contribution in [1.29, 1.82) is 0 Å². The number of rotatable bonds is 5. The van der Waals surface area contributed by atoms with E-state index in [-0.39, 0.29) is 24.2 Å². The average molecular weight is 504 g/mol. The normalized spacial score (nSPS) is 24.3. The first-order valence-electron chi connectivity index (χ1n) is 7.97. The SMILES string of the molecule is COC(=O)OCC(=O)[C@@]1(COC(=O)OC)[C@@H]2C=Cc3cc(Br)c(Br)cc3[C@@H]21. The molecule has 27 heavy (non-hydrogen) atoms. The number of ether oxygens (including phenoxy) is 4. The third-order valence-corrected chi connectivity index (χ3v) is 6.79. The van der Waals surface area contributed by atoms with Gasteiger partial charge in [-0.25, -0.2) is 9.59 Å². The predicted molar refractivity (Wildman–Crippen MR) is 101 cm³/mol. The second kappa shape index (κ2) is 7.63. The molecular formula is C18H16Br2O7. The highest BCUT2D eigenvalue weighted by Gasteiger charge is 2.70. The Labute approximate surface area is 172 Å². The number of methoxy groups -OCH3 is 2. The molecule has 0 heterocycles. The summed E-state index contributed by atoms with van der Waals surface area (Å²) in [6, 6.07) is 3.89. The van der Waals surface area contributed by atoms with Crippen molar-refractivity contribution >= 4 is 56.0 Å². The van der Waals surface area contributed by atoms with Crippen molar-refractivity contribution in [1.82, 2.24) is 0 Å². The van der Waals surface area contributed by atoms with E-state index in [1.807, 2.05) is 24.3 Å². The van der Waals surface area contributed by atoms with Gasteiger partial charge in [-0.1, -0.05) is 12.2 Å². The molecule has 7 nitrogen and oxygen atoms in total. The lowest BCUT2D eigenvalue weighted by molar-refractivity contribution is -0.130. The Balaban J connectivity index is 1.91. The third-order valence-electron chi connectivity index (χ3n) is 4.95. The van der Waals surface area contributed by atoms with Gasteiger partial charge in [0.1, 0.15) is 6.61 Å². The zero-order valence-electron chi connectivity index (χ0n) is 14.5. The van der Waals surface area contributed by atoms with Crippen molar-refractivity contribution in [2.75, 3.05) is 27.4 Å². The minimum absolute atomic E-state index is 0.170. The number of ketones is 1. The van der Waals surface area contributed by atoms with Gasteiger partial charge in [0.2, 0.25) is 0 Å². The summed E-state index contributed by atoms with van der Waals surface area (Å²) in [7, 11) is 2.36. The van der Waals surface area contributed by atoms with Gasteiger partial charge in [-0.3, -0.25) is 4.79 Å². The Bertz CT molecular complexity index is 835. The third kappa shape index (κ3) is 3.50. The van der Waals surface area contributed by atoms with Crippen molar-refractivity contribution < 1.29 is 33.3 Å². The number of hydrogen-bond donors (Lipinski definition) is 0. The molecule has 0 saturated heterocycles. The van der Waals surface area contributed by atoms with Crippen LogP contribution in [0.15, 0.2) is 27.2 Å². The van der Waals surface area contributed by atoms with Crippen molar-refractivity contribution in [2.24, 2.45) is 11.3 Å². The molecule has 9 heteroatoms. The monoisotopic (exact) mass is 502 g/mol. The van der Waals surface area contributed by atoms with E-state index in [2.05, 4.69) is 41.3 Å². The van der Waals surface area contributed by atoms with Gasteiger partial charge >= 0.3 is 12.3 Å². The molecule has 2 aliphatic rings. The molecule has 0 aromatic heterocycles. The number of carbonyl (C=O) groups excluding carboxylic acids is 3. The van der Waals surface area contributed by atoms with Gasteiger partial charge < -0.3 is 18.9 Å². The Morgan fingerprint density at radius 2 is 1.67 bits per heavy atom. The number of benzene rings is 1. The van der Waals surface area contributed by atoms with E-state index < -0.39 is 24.3 Å². The van der Waals surface area contributed by atoms with E-state index in [0.717, 1.165) is 27.2 Å². The van der Waals surface area contributed by atoms with Crippen molar-refractivity contribution in [3.63, 3.8) is 0 Å². The van der Waals surface area contributed by atoms with Crippen molar-refractivity contribution in [3.8, 4) is 0 Å². The van der Waals surface area contributed by atoms with Gasteiger partial charge in [0.05, 0.1) is 19.6 Å². The first-order chi connectivity index (χ1) is 12.8. The molecule has 1 fully saturated rings. The lowest BCUT2D eigenvalue weighted by atomic mass is 9.93. The first kappa shape index (κ1) is 19.9. The number of carbonyl (C=O) groups is 3. The van der Waals surface area contributed by atoms with Gasteiger partial charge in [0.15, 0.2) is 12.4 Å². The summed E-state index contributed by atoms with van der Waals surface area (Å²) in [6.07, 6.45) is 2.03. The molecule has 0 unspecified atom stereocenters. The number of Topliss-reactive ketones (excluding diaryl/α,β-unsaturated/α-hetero) is 1. The fourth-order valence-electron chi connectivity index (χ4n) is 3.60. The van der Waals surface area contributed by atoms with E-state index in [0.29, 0.717) is 0 Å². The number of fused-ring (bicyclic) bond motifs is 3. The van der Waals surface area contributed by atoms with E-state index in [1.165, 1.54) is 7.11 Å². The summed E-state index contributed by atoms with van der Waals surface area (Å²) < 4.78 is 20.6. The lowest BCUT2D eigenvalue weighted by Crippen LogP contribution is -2.31. The Morgan fingerprint density at radius 1 is 1.04 bits per heavy atom. The Hall–Kier alpha value is -1.87. The molecule has 1 saturated carbocycles. The second-order valence-electron chi connectivity index (χ2n) is 6.21. The van der Waals surface area contributed by atoms with Crippen LogP contribution in [0.25, 0.3) is 6.08 Å². The molecule has 0 aliphatic heterocycles. The van der Waals surface area contributed by atoms with Gasteiger partial charge in [0, 0.05) is 20.8 Å². The molecule has 0 radical (unpaired) electrons. The molecule has 3 atom stereocenters. The molecule has 1 aromatic rings. The Kier molecular flexibility index (Phi) is 5.62. The van der Waals surface area contributed by atoms with Crippen molar-refractivity contribution in [2.45, 2.75) is 5.92 Å². The van der Waals surface area contributed by atoms with Crippen LogP contribution < -0.4 is 0 Å². The fourth-order valence-corrected chi connectivity index (χ4v) is 4.32. The summed E-state index contributed by atoms with van der Waals surface area (Å²) in [5.41, 5.74) is 0.905. The lowest BCUT2D eigenvalue weighted by Gasteiger charge is -2.17. The number of hydrogen-bond acceptors (Lipinski definition) is 7. The Morgan fingerprint density at radius 3 is 2.33 bits per heavy atom. The molecular weight excluding hydrogens is 488 g/mol. The van der Waals surface area contributed by atoms with Crippen LogP contribution in [0.4, 0.5) is 9.59 Å². The van der Waals surface area contributed by atoms with E-state index in [9.17, 15) is 14.4 Å². The maximum Gasteiger partial charge on any atom is 0.508 e. The van der Waals surface area contributed by atoms with E-state index >= 15 is 0 Å². The van der Waals surface area contributed by atoms with E-state index in [4.69, 9.17) is 9.47 Å². The highest BCUT2D eigenvalue weighted by Crippen LogP contribution is 2.68. The first-order valence-corrected chi connectivity index (χ1v) is 9.55. The molecule has 144 valence electrons. The van der Waals surface area contributed by atoms with Crippen LogP contribution in [-0.2, 0) is 23.7 Å². The molecule has 2 aliphatic carbocycles. The van der Waals surface area contributed by atoms with E-state index in [1.54, 1.807) is 0 Å². The van der Waals surface area contributed by atoms with Crippen LogP contribution in [0.5, 0.6) is 0 Å². The highest BCUT2D eigenvalue weighted by molar-refractivity contribution is 9.13. The molecule has 0 N–H and O–H groups in total. The summed E-state index contributed by atoms with van der Waals surface area (Å²) in [5, 5.41) is 0. The molecule has 0 amide bonds. The largest absolute Gasteiger partial charge is 0.508 e. The number of allylic oxidation sites excluding steroid dienone is 1. The van der Waals surface area contributed by atoms with Crippen LogP contribution in [0.2, 0.25) is 0 Å². The zero-order chi connectivity index (χ0) is 19.8. The topological polar surface area (TPSA) is 88.1 Å². The minimum atomic E-state index is -1.02. The van der Waals surface area contributed by atoms with Crippen LogP contribution in [-0.4, -0.2) is 45.5 Å². The maximum atomic E-state index is 13.0. The second-order valence-corrected chi connectivity index (χ2v) is 7.92. The summed E-state index contributed by atoms with van der Waals surface area (Å²) >= 11 is 6.95. The maximum absolute atomic E-state index is 13.0. The molecule has 0 spiro atoms. The van der Waals surface area contributed by atoms with Crippen LogP contribution in [0.3, 0.4) is 0 Å². The summed E-state index contributed by atoms with van der Waals surface area (Å²) in [6.45, 7) is -0.638. The standard InChI is InChI=1S/C18H16Br2O7/c1-24-16(22)26-7-14(21)18(8-27-17(23)25-2)11-4-3-9-5-12(19)13(20)6-10(9)15(11)18/h3-6,11,15H,7-8H2,1-2H3/t11-,15+,18-/m1/s1. The van der Waals surface area contributed by atoms with Crippen LogP contribution in [0.1, 0.15) is 17.0 Å². The van der Waals surface area contributed by atoms with Gasteiger partial charge in [0.25, 0.3) is 0 Å². The van der Waals surface area contributed by atoms with Gasteiger partial charge in [-0.15, -0.1) is 0 Å². The van der Waals surface area contributed by atoms with Crippen molar-refractivity contribution in [3.05, 3.63) is 38.3 Å².